The van der Waals surface area contributed by atoms with E-state index in [1.807, 2.05) is 0 Å². The van der Waals surface area contributed by atoms with E-state index in [-0.39, 0.29) is 6.54 Å². The van der Waals surface area contributed by atoms with Gasteiger partial charge in [-0.1, -0.05) is 26.7 Å². The Morgan fingerprint density at radius 3 is 2.56 bits per heavy atom. The molecule has 0 saturated heterocycles. The quantitative estimate of drug-likeness (QED) is 0.711. The van der Waals surface area contributed by atoms with Crippen molar-refractivity contribution in [3.63, 3.8) is 0 Å². The summed E-state index contributed by atoms with van der Waals surface area (Å²) >= 11 is 0. The van der Waals surface area contributed by atoms with Gasteiger partial charge in [0, 0.05) is 12.0 Å². The highest BCUT2D eigenvalue weighted by Crippen LogP contribution is 2.38. The van der Waals surface area contributed by atoms with Crippen molar-refractivity contribution in [1.82, 2.24) is 4.90 Å². The smallest absolute Gasteiger partial charge is 0.303 e. The van der Waals surface area contributed by atoms with Crippen LogP contribution in [0.25, 0.3) is 0 Å². The Bertz CT molecular complexity index is 280. The highest BCUT2D eigenvalue weighted by molar-refractivity contribution is 5.60. The lowest BCUT2D eigenvalue weighted by Crippen LogP contribution is -2.45. The van der Waals surface area contributed by atoms with Crippen molar-refractivity contribution in [2.24, 2.45) is 11.3 Å². The summed E-state index contributed by atoms with van der Waals surface area (Å²) in [4.78, 5) is 12.7. The normalized spacial score (nSPS) is 29.6. The molecule has 2 atom stereocenters. The van der Waals surface area contributed by atoms with E-state index in [1.54, 1.807) is 6.92 Å². The molecule has 1 fully saturated rings. The molecule has 1 saturated carbocycles. The first-order chi connectivity index (χ1) is 8.30. The van der Waals surface area contributed by atoms with E-state index >= 15 is 0 Å². The summed E-state index contributed by atoms with van der Waals surface area (Å²) in [5.74, 6) is 0.425. The number of aldehydes is 1. The molecule has 2 nitrogen and oxygen atoms in total. The predicted molar refractivity (Wildman–Crippen MR) is 64.3 cm³/mol. The van der Waals surface area contributed by atoms with E-state index in [0.29, 0.717) is 18.9 Å². The molecule has 2 unspecified atom stereocenters. The minimum atomic E-state index is -4.19. The van der Waals surface area contributed by atoms with Crippen LogP contribution in [0.15, 0.2) is 0 Å². The van der Waals surface area contributed by atoms with E-state index in [1.165, 1.54) is 4.90 Å². The molecule has 18 heavy (non-hydrogen) atoms. The van der Waals surface area contributed by atoms with Crippen LogP contribution in [0.1, 0.15) is 39.5 Å². The lowest BCUT2D eigenvalue weighted by Gasteiger charge is -2.39. The zero-order valence-corrected chi connectivity index (χ0v) is 11.1. The predicted octanol–water partition coefficient (Wildman–Crippen LogP) is 3.27. The van der Waals surface area contributed by atoms with Crippen LogP contribution in [0.5, 0.6) is 0 Å². The maximum atomic E-state index is 12.4. The van der Waals surface area contributed by atoms with Crippen molar-refractivity contribution in [3.8, 4) is 0 Å². The van der Waals surface area contributed by atoms with Crippen LogP contribution in [0, 0.1) is 11.3 Å². The standard InChI is InChI=1S/C13H22F3NO/c1-3-17(9-13(14,15)16)8-12(10-18)6-4-5-11(2)7-12/h10-11H,3-9H2,1-2H3. The fourth-order valence-corrected chi connectivity index (χ4v) is 2.97. The van der Waals surface area contributed by atoms with Gasteiger partial charge in [0.25, 0.3) is 0 Å². The first-order valence-electron chi connectivity index (χ1n) is 6.56. The summed E-state index contributed by atoms with van der Waals surface area (Å²) in [6.45, 7) is 3.40. The number of halogens is 3. The molecule has 0 aromatic carbocycles. The molecule has 0 N–H and O–H groups in total. The highest BCUT2D eigenvalue weighted by Gasteiger charge is 2.39. The number of alkyl halides is 3. The summed E-state index contributed by atoms with van der Waals surface area (Å²) in [5.41, 5.74) is -0.571. The molecule has 5 heteroatoms. The molecule has 0 heterocycles. The molecule has 0 radical (unpaired) electrons. The molecular formula is C13H22F3NO. The van der Waals surface area contributed by atoms with Gasteiger partial charge in [0.2, 0.25) is 0 Å². The van der Waals surface area contributed by atoms with Crippen molar-refractivity contribution in [3.05, 3.63) is 0 Å². The number of carbonyl (C=O) groups is 1. The van der Waals surface area contributed by atoms with Gasteiger partial charge in [-0.3, -0.25) is 4.90 Å². The molecule has 106 valence electrons. The fraction of sp³-hybridized carbons (Fsp3) is 0.923. The molecular weight excluding hydrogens is 243 g/mol. The first-order valence-corrected chi connectivity index (χ1v) is 6.56. The van der Waals surface area contributed by atoms with Gasteiger partial charge in [0.15, 0.2) is 0 Å². The molecule has 0 spiro atoms. The molecule has 1 aliphatic carbocycles. The van der Waals surface area contributed by atoms with Crippen molar-refractivity contribution < 1.29 is 18.0 Å². The summed E-state index contributed by atoms with van der Waals surface area (Å²) < 4.78 is 37.3. The van der Waals surface area contributed by atoms with Crippen LogP contribution < -0.4 is 0 Å². The van der Waals surface area contributed by atoms with Gasteiger partial charge >= 0.3 is 6.18 Å². The Labute approximate surface area is 107 Å². The first kappa shape index (κ1) is 15.5. The summed E-state index contributed by atoms with van der Waals surface area (Å²) in [5, 5.41) is 0. The Morgan fingerprint density at radius 2 is 2.11 bits per heavy atom. The second-order valence-electron chi connectivity index (χ2n) is 5.60. The minimum Gasteiger partial charge on any atom is -0.303 e. The van der Waals surface area contributed by atoms with Gasteiger partial charge in [-0.2, -0.15) is 13.2 Å². The van der Waals surface area contributed by atoms with E-state index in [9.17, 15) is 18.0 Å². The van der Waals surface area contributed by atoms with Crippen molar-refractivity contribution in [1.29, 1.82) is 0 Å². The monoisotopic (exact) mass is 265 g/mol. The third-order valence-corrected chi connectivity index (χ3v) is 3.77. The van der Waals surface area contributed by atoms with Gasteiger partial charge in [-0.25, -0.2) is 0 Å². The zero-order chi connectivity index (χ0) is 13.8. The summed E-state index contributed by atoms with van der Waals surface area (Å²) in [6.07, 6.45) is 0.132. The summed E-state index contributed by atoms with van der Waals surface area (Å²) in [7, 11) is 0. The van der Waals surface area contributed by atoms with Crippen molar-refractivity contribution in [2.75, 3.05) is 19.6 Å². The molecule has 0 bridgehead atoms. The van der Waals surface area contributed by atoms with Crippen LogP contribution in [0.2, 0.25) is 0 Å². The molecule has 0 aromatic rings. The second-order valence-corrected chi connectivity index (χ2v) is 5.60. The van der Waals surface area contributed by atoms with Crippen LogP contribution in [-0.2, 0) is 4.79 Å². The van der Waals surface area contributed by atoms with Gasteiger partial charge < -0.3 is 4.79 Å². The average molecular weight is 265 g/mol. The van der Waals surface area contributed by atoms with Crippen molar-refractivity contribution in [2.45, 2.75) is 45.7 Å². The van der Waals surface area contributed by atoms with E-state index in [2.05, 4.69) is 6.92 Å². The van der Waals surface area contributed by atoms with E-state index in [4.69, 9.17) is 0 Å². The van der Waals surface area contributed by atoms with Gasteiger partial charge in [0.1, 0.15) is 6.29 Å². The second kappa shape index (κ2) is 6.04. The van der Waals surface area contributed by atoms with E-state index < -0.39 is 18.1 Å². The third kappa shape index (κ3) is 4.59. The lowest BCUT2D eigenvalue weighted by molar-refractivity contribution is -0.151. The Hall–Kier alpha value is -0.580. The van der Waals surface area contributed by atoms with Crippen molar-refractivity contribution >= 4 is 6.29 Å². The number of rotatable bonds is 5. The molecule has 1 rings (SSSR count). The molecule has 0 amide bonds. The number of nitrogens with zero attached hydrogens (tertiary/aromatic N) is 1. The zero-order valence-electron chi connectivity index (χ0n) is 11.1. The fourth-order valence-electron chi connectivity index (χ4n) is 2.97. The Balaban J connectivity index is 2.67. The van der Waals surface area contributed by atoms with Crippen LogP contribution in [0.4, 0.5) is 13.2 Å². The van der Waals surface area contributed by atoms with Crippen LogP contribution in [0.3, 0.4) is 0 Å². The SMILES string of the molecule is CCN(CC(F)(F)F)CC1(C=O)CCCC(C)C1. The Kier molecular flexibility index (Phi) is 5.20. The topological polar surface area (TPSA) is 20.3 Å². The van der Waals surface area contributed by atoms with Gasteiger partial charge in [0.05, 0.1) is 6.54 Å². The largest absolute Gasteiger partial charge is 0.401 e. The third-order valence-electron chi connectivity index (χ3n) is 3.77. The average Bonchev–Trinajstić information content (AvgIpc) is 2.26. The Morgan fingerprint density at radius 1 is 1.44 bits per heavy atom. The summed E-state index contributed by atoms with van der Waals surface area (Å²) in [6, 6.07) is 0. The lowest BCUT2D eigenvalue weighted by atomic mass is 9.70. The van der Waals surface area contributed by atoms with E-state index in [0.717, 1.165) is 25.5 Å². The molecule has 0 aliphatic heterocycles. The number of hydrogen-bond donors (Lipinski definition) is 0. The van der Waals surface area contributed by atoms with Gasteiger partial charge in [-0.05, 0) is 25.3 Å². The number of hydrogen-bond acceptors (Lipinski definition) is 2. The van der Waals surface area contributed by atoms with Crippen LogP contribution in [-0.4, -0.2) is 37.0 Å². The highest BCUT2D eigenvalue weighted by atomic mass is 19.4. The molecule has 1 aliphatic rings. The minimum absolute atomic E-state index is 0.233. The molecule has 0 aromatic heterocycles. The maximum absolute atomic E-state index is 12.4. The van der Waals surface area contributed by atoms with Gasteiger partial charge in [-0.15, -0.1) is 0 Å². The van der Waals surface area contributed by atoms with Crippen LogP contribution >= 0.6 is 0 Å². The maximum Gasteiger partial charge on any atom is 0.401 e. The number of carbonyl (C=O) groups excluding carboxylic acids is 1.